The number of nitrogens with one attached hydrogen (secondary N) is 1. The van der Waals surface area contributed by atoms with E-state index in [4.69, 9.17) is 0 Å². The minimum atomic E-state index is -0.118. The number of piperazine rings is 1. The molecular weight excluding hydrogens is 342 g/mol. The number of nitrogens with zero attached hydrogens (tertiary/aromatic N) is 2. The van der Waals surface area contributed by atoms with E-state index in [-0.39, 0.29) is 5.91 Å². The Kier molecular flexibility index (Phi) is 5.18. The maximum atomic E-state index is 12.2. The van der Waals surface area contributed by atoms with Gasteiger partial charge in [0.05, 0.1) is 31.1 Å². The Morgan fingerprint density at radius 2 is 1.65 bits per heavy atom. The van der Waals surface area contributed by atoms with Crippen LogP contribution in [0, 0.1) is 0 Å². The van der Waals surface area contributed by atoms with Gasteiger partial charge in [-0.3, -0.25) is 4.79 Å². The second-order valence-electron chi connectivity index (χ2n) is 6.62. The number of hydrogen-bond acceptors (Lipinski definition) is 3. The quantitative estimate of drug-likeness (QED) is 0.847. The van der Waals surface area contributed by atoms with Crippen LogP contribution < -0.4 is 4.90 Å². The highest BCUT2D eigenvalue weighted by atomic mass is 32.2. The van der Waals surface area contributed by atoms with Crippen molar-refractivity contribution in [1.29, 1.82) is 0 Å². The Morgan fingerprint density at radius 3 is 2.35 bits per heavy atom. The second-order valence-corrected chi connectivity index (χ2v) is 7.63. The number of carbonyl (C=O) groups excluding carboxylic acids is 1. The molecule has 0 saturated carbocycles. The molecule has 2 aliphatic rings. The fraction of sp³-hybridized carbons (Fsp3) is 0.238. The van der Waals surface area contributed by atoms with E-state index in [1.165, 1.54) is 17.3 Å². The number of benzene rings is 2. The summed E-state index contributed by atoms with van der Waals surface area (Å²) in [6.45, 7) is 5.09. The van der Waals surface area contributed by atoms with E-state index >= 15 is 0 Å². The maximum Gasteiger partial charge on any atom is 0.286 e. The molecule has 0 spiro atoms. The maximum absolute atomic E-state index is 12.2. The second kappa shape index (κ2) is 7.89. The summed E-state index contributed by atoms with van der Waals surface area (Å²) in [5, 5.41) is 0.857. The molecule has 0 aliphatic carbocycles. The third-order valence-corrected chi connectivity index (χ3v) is 5.79. The van der Waals surface area contributed by atoms with Crippen molar-refractivity contribution in [2.24, 2.45) is 4.99 Å². The lowest BCUT2D eigenvalue weighted by Crippen LogP contribution is -3.13. The molecule has 2 heterocycles. The molecule has 2 aromatic rings. The zero-order valence-corrected chi connectivity index (χ0v) is 15.4. The number of amidine groups is 1. The van der Waals surface area contributed by atoms with Gasteiger partial charge in [-0.1, -0.05) is 60.7 Å². The minimum Gasteiger partial charge on any atom is -0.339 e. The summed E-state index contributed by atoms with van der Waals surface area (Å²) in [6, 6.07) is 20.6. The van der Waals surface area contributed by atoms with Crippen molar-refractivity contribution in [3.63, 3.8) is 0 Å². The predicted octanol–water partition coefficient (Wildman–Crippen LogP) is 2.06. The lowest BCUT2D eigenvalue weighted by atomic mass is 10.2. The van der Waals surface area contributed by atoms with Crippen LogP contribution in [0.25, 0.3) is 6.08 Å². The molecule has 5 heteroatoms. The van der Waals surface area contributed by atoms with Crippen molar-refractivity contribution < 1.29 is 9.69 Å². The molecular formula is C21H22N3OS+. The first-order valence-electron chi connectivity index (χ1n) is 8.98. The number of amides is 1. The SMILES string of the molecule is O=C1N=C(N2CC[NH+](Cc3ccccc3)CC2)SC1=Cc1ccccc1. The molecule has 2 aliphatic heterocycles. The summed E-state index contributed by atoms with van der Waals surface area (Å²) in [6.07, 6.45) is 1.93. The van der Waals surface area contributed by atoms with E-state index in [0.29, 0.717) is 4.91 Å². The predicted molar refractivity (Wildman–Crippen MR) is 107 cm³/mol. The van der Waals surface area contributed by atoms with Crippen molar-refractivity contribution in [3.8, 4) is 0 Å². The normalized spacial score (nSPS) is 19.8. The molecule has 1 amide bonds. The van der Waals surface area contributed by atoms with Crippen LogP contribution in [0.15, 0.2) is 70.6 Å². The van der Waals surface area contributed by atoms with Gasteiger partial charge in [-0.25, -0.2) is 0 Å². The average molecular weight is 364 g/mol. The summed E-state index contributed by atoms with van der Waals surface area (Å²) in [7, 11) is 0. The number of quaternary nitrogens is 1. The van der Waals surface area contributed by atoms with Gasteiger partial charge >= 0.3 is 0 Å². The van der Waals surface area contributed by atoms with E-state index in [1.54, 1.807) is 4.90 Å². The number of carbonyl (C=O) groups is 1. The van der Waals surface area contributed by atoms with E-state index in [2.05, 4.69) is 40.2 Å². The molecule has 132 valence electrons. The molecule has 0 unspecified atom stereocenters. The Labute approximate surface area is 158 Å². The Balaban J connectivity index is 1.34. The lowest BCUT2D eigenvalue weighted by Gasteiger charge is -2.32. The molecule has 4 nitrogen and oxygen atoms in total. The van der Waals surface area contributed by atoms with Crippen LogP contribution in [0.1, 0.15) is 11.1 Å². The topological polar surface area (TPSA) is 37.1 Å². The fourth-order valence-corrected chi connectivity index (χ4v) is 4.27. The van der Waals surface area contributed by atoms with Gasteiger partial charge in [0.25, 0.3) is 5.91 Å². The highest BCUT2D eigenvalue weighted by Crippen LogP contribution is 2.30. The third kappa shape index (κ3) is 4.06. The Morgan fingerprint density at radius 1 is 1.00 bits per heavy atom. The first-order chi connectivity index (χ1) is 12.8. The van der Waals surface area contributed by atoms with Crippen LogP contribution >= 0.6 is 11.8 Å². The number of thioether (sulfide) groups is 1. The standard InChI is InChI=1S/C21H21N3OS/c25-20-19(15-17-7-3-1-4-8-17)26-21(22-20)24-13-11-23(12-14-24)16-18-9-5-2-6-10-18/h1-10,15H,11-14,16H2/p+1. The highest BCUT2D eigenvalue weighted by molar-refractivity contribution is 8.18. The van der Waals surface area contributed by atoms with Crippen LogP contribution in [0.3, 0.4) is 0 Å². The molecule has 0 atom stereocenters. The monoisotopic (exact) mass is 364 g/mol. The van der Waals surface area contributed by atoms with Gasteiger partial charge in [-0.15, -0.1) is 0 Å². The van der Waals surface area contributed by atoms with E-state index in [0.717, 1.165) is 43.5 Å². The van der Waals surface area contributed by atoms with Gasteiger partial charge in [-0.2, -0.15) is 4.99 Å². The van der Waals surface area contributed by atoms with Gasteiger partial charge in [0.15, 0.2) is 5.17 Å². The molecule has 0 aromatic heterocycles. The third-order valence-electron chi connectivity index (χ3n) is 4.74. The van der Waals surface area contributed by atoms with Crippen molar-refractivity contribution in [2.75, 3.05) is 26.2 Å². The number of aliphatic imine (C=N–C) groups is 1. The lowest BCUT2D eigenvalue weighted by molar-refractivity contribution is -0.917. The first-order valence-corrected chi connectivity index (χ1v) is 9.80. The summed E-state index contributed by atoms with van der Waals surface area (Å²) in [4.78, 5) is 21.1. The molecule has 1 N–H and O–H groups in total. The van der Waals surface area contributed by atoms with E-state index < -0.39 is 0 Å². The van der Waals surface area contributed by atoms with Gasteiger partial charge in [0.1, 0.15) is 6.54 Å². The molecule has 1 saturated heterocycles. The summed E-state index contributed by atoms with van der Waals surface area (Å²) >= 11 is 1.50. The first kappa shape index (κ1) is 17.1. The van der Waals surface area contributed by atoms with Crippen LogP contribution in [0.4, 0.5) is 0 Å². The summed E-state index contributed by atoms with van der Waals surface area (Å²) < 4.78 is 0. The largest absolute Gasteiger partial charge is 0.339 e. The number of rotatable bonds is 3. The number of hydrogen-bond donors (Lipinski definition) is 1. The minimum absolute atomic E-state index is 0.118. The zero-order chi connectivity index (χ0) is 17.8. The molecule has 26 heavy (non-hydrogen) atoms. The van der Waals surface area contributed by atoms with Crippen LogP contribution in [-0.2, 0) is 11.3 Å². The highest BCUT2D eigenvalue weighted by Gasteiger charge is 2.29. The smallest absolute Gasteiger partial charge is 0.286 e. The average Bonchev–Trinajstić information content (AvgIpc) is 3.04. The Hall–Kier alpha value is -2.37. The molecule has 1 fully saturated rings. The van der Waals surface area contributed by atoms with E-state index in [1.807, 2.05) is 36.4 Å². The zero-order valence-electron chi connectivity index (χ0n) is 14.6. The molecule has 0 radical (unpaired) electrons. The fourth-order valence-electron chi connectivity index (χ4n) is 3.31. The van der Waals surface area contributed by atoms with Gasteiger partial charge in [0, 0.05) is 5.56 Å². The van der Waals surface area contributed by atoms with Crippen molar-refractivity contribution >= 4 is 28.9 Å². The molecule has 0 bridgehead atoms. The summed E-state index contributed by atoms with van der Waals surface area (Å²) in [5.74, 6) is -0.118. The van der Waals surface area contributed by atoms with Crippen molar-refractivity contribution in [2.45, 2.75) is 6.54 Å². The van der Waals surface area contributed by atoms with Gasteiger partial charge < -0.3 is 9.80 Å². The van der Waals surface area contributed by atoms with Gasteiger partial charge in [-0.05, 0) is 23.4 Å². The summed E-state index contributed by atoms with van der Waals surface area (Å²) in [5.41, 5.74) is 2.42. The molecule has 2 aromatic carbocycles. The van der Waals surface area contributed by atoms with E-state index in [9.17, 15) is 4.79 Å². The van der Waals surface area contributed by atoms with Crippen LogP contribution in [0.5, 0.6) is 0 Å². The van der Waals surface area contributed by atoms with Crippen LogP contribution in [0.2, 0.25) is 0 Å². The Bertz CT molecular complexity index is 825. The molecule has 4 rings (SSSR count). The van der Waals surface area contributed by atoms with Crippen LogP contribution in [-0.4, -0.2) is 42.2 Å². The van der Waals surface area contributed by atoms with Crippen molar-refractivity contribution in [1.82, 2.24) is 4.90 Å². The van der Waals surface area contributed by atoms with Gasteiger partial charge in [0.2, 0.25) is 0 Å². The van der Waals surface area contributed by atoms with Crippen molar-refractivity contribution in [3.05, 3.63) is 76.7 Å².